The van der Waals surface area contributed by atoms with Gasteiger partial charge in [0, 0.05) is 48.4 Å². The quantitative estimate of drug-likeness (QED) is 0.645. The minimum atomic E-state index is -0.401. The second-order valence-corrected chi connectivity index (χ2v) is 9.20. The normalized spacial score (nSPS) is 27.6. The van der Waals surface area contributed by atoms with Crippen molar-refractivity contribution in [1.82, 2.24) is 19.9 Å². The fraction of sp³-hybridized carbons (Fsp3) is 0.364. The number of amides is 1. The van der Waals surface area contributed by atoms with Crippen LogP contribution in [0, 0.1) is 5.92 Å². The highest BCUT2D eigenvalue weighted by molar-refractivity contribution is 7.19. The van der Waals surface area contributed by atoms with Gasteiger partial charge in [-0.15, -0.1) is 0 Å². The molecule has 4 aliphatic heterocycles. The fourth-order valence-electron chi connectivity index (χ4n) is 4.97. The molecule has 3 aromatic rings. The van der Waals surface area contributed by atoms with Crippen molar-refractivity contribution >= 4 is 22.6 Å². The van der Waals surface area contributed by atoms with Crippen molar-refractivity contribution in [2.24, 2.45) is 5.92 Å². The van der Waals surface area contributed by atoms with Gasteiger partial charge in [0.2, 0.25) is 0 Å². The lowest BCUT2D eigenvalue weighted by atomic mass is 9.75. The van der Waals surface area contributed by atoms with Gasteiger partial charge in [-0.3, -0.25) is 14.9 Å². The molecular formula is C22H21N5O2S. The number of hydrogen-bond acceptors (Lipinski definition) is 7. The average Bonchev–Trinajstić information content (AvgIpc) is 3.37. The minimum absolute atomic E-state index is 0.284. The van der Waals surface area contributed by atoms with Gasteiger partial charge < -0.3 is 4.74 Å². The molecule has 0 aromatic carbocycles. The van der Waals surface area contributed by atoms with Crippen LogP contribution in [0.2, 0.25) is 0 Å². The van der Waals surface area contributed by atoms with Crippen LogP contribution >= 0.6 is 11.3 Å². The SMILES string of the molecule is O=C1O[C@]2(CN3CCC2CC3)CN1c1nc(-c2cccnc2)c(-c2cccnc2)s1. The molecule has 7 heterocycles. The Bertz CT molecular complexity index is 1020. The van der Waals surface area contributed by atoms with Crippen LogP contribution in [-0.4, -0.2) is 57.7 Å². The first-order valence-corrected chi connectivity index (χ1v) is 11.1. The van der Waals surface area contributed by atoms with Crippen LogP contribution in [0.5, 0.6) is 0 Å². The predicted octanol–water partition coefficient (Wildman–Crippen LogP) is 3.69. The van der Waals surface area contributed by atoms with E-state index < -0.39 is 5.60 Å². The number of pyridine rings is 2. The predicted molar refractivity (Wildman–Crippen MR) is 114 cm³/mol. The Hall–Kier alpha value is -2.84. The van der Waals surface area contributed by atoms with Crippen molar-refractivity contribution in [1.29, 1.82) is 0 Å². The van der Waals surface area contributed by atoms with Crippen molar-refractivity contribution in [3.8, 4) is 21.7 Å². The summed E-state index contributed by atoms with van der Waals surface area (Å²) in [6.07, 6.45) is 9.04. The van der Waals surface area contributed by atoms with E-state index in [1.165, 1.54) is 11.3 Å². The highest BCUT2D eigenvalue weighted by Gasteiger charge is 2.56. The Kier molecular flexibility index (Phi) is 4.10. The maximum absolute atomic E-state index is 12.9. The van der Waals surface area contributed by atoms with E-state index in [9.17, 15) is 4.79 Å². The number of thiazole rings is 1. The molecule has 4 saturated heterocycles. The van der Waals surface area contributed by atoms with Gasteiger partial charge >= 0.3 is 6.09 Å². The molecule has 152 valence electrons. The van der Waals surface area contributed by atoms with Crippen LogP contribution in [0.1, 0.15) is 12.8 Å². The number of carbonyl (C=O) groups is 1. The largest absolute Gasteiger partial charge is 0.439 e. The van der Waals surface area contributed by atoms with Gasteiger partial charge in [0.1, 0.15) is 5.60 Å². The second kappa shape index (κ2) is 6.85. The third kappa shape index (κ3) is 2.82. The summed E-state index contributed by atoms with van der Waals surface area (Å²) in [5.41, 5.74) is 2.32. The van der Waals surface area contributed by atoms with E-state index in [0.717, 1.165) is 54.2 Å². The van der Waals surface area contributed by atoms with E-state index >= 15 is 0 Å². The molecule has 8 heteroatoms. The number of rotatable bonds is 3. The maximum Gasteiger partial charge on any atom is 0.416 e. The molecule has 2 bridgehead atoms. The van der Waals surface area contributed by atoms with Crippen LogP contribution in [0.15, 0.2) is 49.1 Å². The third-order valence-electron chi connectivity index (χ3n) is 6.47. The maximum atomic E-state index is 12.9. The summed E-state index contributed by atoms with van der Waals surface area (Å²) in [6.45, 7) is 3.62. The summed E-state index contributed by atoms with van der Waals surface area (Å²) in [5.74, 6) is 0.437. The number of carbonyl (C=O) groups excluding carboxylic acids is 1. The lowest BCUT2D eigenvalue weighted by molar-refractivity contribution is -0.0881. The smallest absolute Gasteiger partial charge is 0.416 e. The van der Waals surface area contributed by atoms with E-state index in [1.807, 2.05) is 30.5 Å². The van der Waals surface area contributed by atoms with Crippen LogP contribution in [0.3, 0.4) is 0 Å². The number of ether oxygens (including phenoxy) is 1. The summed E-state index contributed by atoms with van der Waals surface area (Å²) in [4.78, 5) is 31.5. The zero-order valence-corrected chi connectivity index (χ0v) is 17.2. The molecule has 4 fully saturated rings. The molecule has 1 spiro atoms. The van der Waals surface area contributed by atoms with Crippen molar-refractivity contribution in [2.45, 2.75) is 18.4 Å². The van der Waals surface area contributed by atoms with E-state index in [-0.39, 0.29) is 6.09 Å². The van der Waals surface area contributed by atoms with Crippen LogP contribution < -0.4 is 4.90 Å². The molecule has 0 saturated carbocycles. The zero-order valence-electron chi connectivity index (χ0n) is 16.4. The number of aromatic nitrogens is 3. The monoisotopic (exact) mass is 419 g/mol. The summed E-state index contributed by atoms with van der Waals surface area (Å²) in [6, 6.07) is 7.81. The molecule has 0 aliphatic carbocycles. The summed E-state index contributed by atoms with van der Waals surface area (Å²) < 4.78 is 6.04. The molecule has 0 radical (unpaired) electrons. The molecule has 7 rings (SSSR count). The number of anilines is 1. The summed E-state index contributed by atoms with van der Waals surface area (Å²) in [7, 11) is 0. The van der Waals surface area contributed by atoms with Gasteiger partial charge in [-0.2, -0.15) is 0 Å². The number of fused-ring (bicyclic) bond motifs is 2. The van der Waals surface area contributed by atoms with Gasteiger partial charge in [0.25, 0.3) is 0 Å². The van der Waals surface area contributed by atoms with Gasteiger partial charge in [-0.05, 0) is 44.1 Å². The molecule has 1 atom stereocenters. The van der Waals surface area contributed by atoms with Crippen molar-refractivity contribution in [2.75, 3.05) is 31.1 Å². The third-order valence-corrected chi connectivity index (χ3v) is 7.59. The topological polar surface area (TPSA) is 71.5 Å². The van der Waals surface area contributed by atoms with Crippen molar-refractivity contribution in [3.05, 3.63) is 49.1 Å². The second-order valence-electron chi connectivity index (χ2n) is 8.23. The highest BCUT2D eigenvalue weighted by atomic mass is 32.1. The Morgan fingerprint density at radius 1 is 1.03 bits per heavy atom. The molecule has 0 unspecified atom stereocenters. The lowest BCUT2D eigenvalue weighted by Crippen LogP contribution is -2.61. The molecular weight excluding hydrogens is 398 g/mol. The van der Waals surface area contributed by atoms with Gasteiger partial charge in [0.05, 0.1) is 17.1 Å². The first-order valence-electron chi connectivity index (χ1n) is 10.3. The first kappa shape index (κ1) is 18.0. The molecule has 1 amide bonds. The average molecular weight is 420 g/mol. The summed E-state index contributed by atoms with van der Waals surface area (Å²) >= 11 is 1.51. The number of nitrogens with zero attached hydrogens (tertiary/aromatic N) is 5. The Morgan fingerprint density at radius 3 is 2.40 bits per heavy atom. The van der Waals surface area contributed by atoms with E-state index in [2.05, 4.69) is 14.9 Å². The zero-order chi connectivity index (χ0) is 20.1. The summed E-state index contributed by atoms with van der Waals surface area (Å²) in [5, 5.41) is 0.672. The Morgan fingerprint density at radius 2 is 1.77 bits per heavy atom. The van der Waals surface area contributed by atoms with Crippen LogP contribution in [0.25, 0.3) is 21.7 Å². The van der Waals surface area contributed by atoms with Crippen molar-refractivity contribution < 1.29 is 9.53 Å². The van der Waals surface area contributed by atoms with Crippen molar-refractivity contribution in [3.63, 3.8) is 0 Å². The standard InChI is InChI=1S/C22H21N5O2S/c28-21-27(14-22(29-21)13-26-9-5-17(22)6-10-26)20-25-18(15-3-1-7-23-11-15)19(30-20)16-4-2-8-24-12-16/h1-4,7-8,11-12,17H,5-6,9-10,13-14H2/t22-/m1/s1. The molecule has 4 aliphatic rings. The fourth-order valence-corrected chi connectivity index (χ4v) is 6.04. The first-order chi connectivity index (χ1) is 14.7. The van der Waals surface area contributed by atoms with Crippen LogP contribution in [-0.2, 0) is 4.74 Å². The Balaban J connectivity index is 1.40. The highest BCUT2D eigenvalue weighted by Crippen LogP contribution is 2.46. The lowest BCUT2D eigenvalue weighted by Gasteiger charge is -2.49. The van der Waals surface area contributed by atoms with E-state index in [0.29, 0.717) is 17.6 Å². The number of piperidine rings is 3. The molecule has 0 N–H and O–H groups in total. The molecule has 7 nitrogen and oxygen atoms in total. The van der Waals surface area contributed by atoms with E-state index in [1.54, 1.807) is 23.5 Å². The Labute approximate surface area is 178 Å². The van der Waals surface area contributed by atoms with Gasteiger partial charge in [-0.1, -0.05) is 17.4 Å². The number of hydrogen-bond donors (Lipinski definition) is 0. The van der Waals surface area contributed by atoms with Crippen LogP contribution in [0.4, 0.5) is 9.93 Å². The minimum Gasteiger partial charge on any atom is -0.439 e. The van der Waals surface area contributed by atoms with Gasteiger partial charge in [-0.25, -0.2) is 14.7 Å². The van der Waals surface area contributed by atoms with E-state index in [4.69, 9.17) is 9.72 Å². The molecule has 3 aromatic heterocycles. The van der Waals surface area contributed by atoms with Gasteiger partial charge in [0.15, 0.2) is 5.13 Å². The molecule has 30 heavy (non-hydrogen) atoms.